The first-order chi connectivity index (χ1) is 12.2. The number of fused-ring (bicyclic) bond motifs is 2. The third kappa shape index (κ3) is 1.58. The van der Waals surface area contributed by atoms with Crippen molar-refractivity contribution in [3.8, 4) is 0 Å². The van der Waals surface area contributed by atoms with E-state index >= 15 is 0 Å². The highest BCUT2D eigenvalue weighted by molar-refractivity contribution is 7.94. The summed E-state index contributed by atoms with van der Waals surface area (Å²) in [6.45, 7) is 1.62. The number of β-lactam (4-membered cyclic amide) rings is 1. The standard InChI is InChI=1S/C16H14N2O7S/c1-2-8-7-26(24,25)16(15(22)23)11(14(21)18(8)16)17-12(19)9-5-3-4-6-10(9)13(17)20/h3-6,8,11H,2,7H2,1H3,(H,22,23)/p-1/t8?,11-,16+/m1/s1. The zero-order chi connectivity index (χ0) is 19.0. The Morgan fingerprint density at radius 3 is 2.19 bits per heavy atom. The first kappa shape index (κ1) is 16.7. The Kier molecular flexibility index (Phi) is 3.15. The molecule has 0 spiro atoms. The summed E-state index contributed by atoms with van der Waals surface area (Å²) in [6.07, 6.45) is 0.217. The van der Waals surface area contributed by atoms with Crippen LogP contribution in [0.25, 0.3) is 0 Å². The minimum atomic E-state index is -4.37. The zero-order valence-electron chi connectivity index (χ0n) is 13.5. The lowest BCUT2D eigenvalue weighted by Gasteiger charge is -2.55. The highest BCUT2D eigenvalue weighted by Crippen LogP contribution is 2.49. The maximum Gasteiger partial charge on any atom is 0.262 e. The summed E-state index contributed by atoms with van der Waals surface area (Å²) in [5.41, 5.74) is -0.000584. The van der Waals surface area contributed by atoms with Gasteiger partial charge < -0.3 is 14.8 Å². The molecule has 136 valence electrons. The molecule has 1 aromatic rings. The Morgan fingerprint density at radius 1 is 1.19 bits per heavy atom. The lowest BCUT2D eigenvalue weighted by atomic mass is 9.90. The van der Waals surface area contributed by atoms with Crippen molar-refractivity contribution in [2.45, 2.75) is 30.3 Å². The monoisotopic (exact) mass is 377 g/mol. The number of imide groups is 1. The minimum absolute atomic E-state index is 0.000292. The van der Waals surface area contributed by atoms with Crippen LogP contribution in [-0.2, 0) is 19.4 Å². The van der Waals surface area contributed by atoms with Crippen molar-refractivity contribution in [3.05, 3.63) is 35.4 Å². The van der Waals surface area contributed by atoms with Crippen LogP contribution in [0.4, 0.5) is 0 Å². The molecule has 3 heterocycles. The van der Waals surface area contributed by atoms with Crippen molar-refractivity contribution >= 4 is 33.5 Å². The molecule has 0 radical (unpaired) electrons. The molecule has 3 aliphatic heterocycles. The molecular formula is C16H13N2O7S-. The molecule has 4 rings (SSSR count). The quantitative estimate of drug-likeness (QED) is 0.446. The molecule has 1 unspecified atom stereocenters. The van der Waals surface area contributed by atoms with Crippen molar-refractivity contribution in [1.82, 2.24) is 9.80 Å². The zero-order valence-corrected chi connectivity index (χ0v) is 14.4. The number of carbonyl (C=O) groups is 4. The largest absolute Gasteiger partial charge is 0.546 e. The van der Waals surface area contributed by atoms with E-state index in [1.807, 2.05) is 0 Å². The van der Waals surface area contributed by atoms with Gasteiger partial charge in [0.2, 0.25) is 4.87 Å². The Bertz CT molecular complexity index is 967. The predicted octanol–water partition coefficient (Wildman–Crippen LogP) is -1.85. The maximum atomic E-state index is 12.7. The summed E-state index contributed by atoms with van der Waals surface area (Å²) in [4.78, 5) is 48.3. The van der Waals surface area contributed by atoms with E-state index in [0.29, 0.717) is 4.90 Å². The first-order valence-corrected chi connectivity index (χ1v) is 9.59. The van der Waals surface area contributed by atoms with Gasteiger partial charge in [0.25, 0.3) is 17.7 Å². The summed E-state index contributed by atoms with van der Waals surface area (Å²) in [5, 5.41) is 11.9. The molecule has 3 amide bonds. The SMILES string of the molecule is CCC1CS(=O)(=O)[C@]2(C(=O)[O-])[C@H](N3C(=O)c4ccccc4C3=O)C(=O)N12. The number of hydrogen-bond acceptors (Lipinski definition) is 7. The van der Waals surface area contributed by atoms with Gasteiger partial charge in [0, 0.05) is 6.04 Å². The van der Waals surface area contributed by atoms with Gasteiger partial charge in [-0.1, -0.05) is 19.1 Å². The first-order valence-electron chi connectivity index (χ1n) is 7.94. The van der Waals surface area contributed by atoms with Gasteiger partial charge >= 0.3 is 0 Å². The van der Waals surface area contributed by atoms with Gasteiger partial charge in [0.15, 0.2) is 15.9 Å². The van der Waals surface area contributed by atoms with Crippen LogP contribution in [0, 0.1) is 0 Å². The summed E-state index contributed by atoms with van der Waals surface area (Å²) in [5.74, 6) is -5.21. The minimum Gasteiger partial charge on any atom is -0.546 e. The summed E-state index contributed by atoms with van der Waals surface area (Å²) >= 11 is 0. The van der Waals surface area contributed by atoms with Gasteiger partial charge in [-0.2, -0.15) is 0 Å². The topological polar surface area (TPSA) is 132 Å². The van der Waals surface area contributed by atoms with Crippen molar-refractivity contribution in [3.63, 3.8) is 0 Å². The molecule has 3 atom stereocenters. The molecule has 10 heteroatoms. The van der Waals surface area contributed by atoms with Crippen LogP contribution in [-0.4, -0.2) is 64.6 Å². The molecule has 1 aromatic carbocycles. The van der Waals surface area contributed by atoms with Gasteiger partial charge in [-0.05, 0) is 18.6 Å². The second-order valence-corrected chi connectivity index (χ2v) is 8.65. The van der Waals surface area contributed by atoms with Crippen molar-refractivity contribution < 1.29 is 32.7 Å². The van der Waals surface area contributed by atoms with Gasteiger partial charge in [-0.25, -0.2) is 8.42 Å². The number of hydrogen-bond donors (Lipinski definition) is 0. The molecule has 9 nitrogen and oxygen atoms in total. The summed E-state index contributed by atoms with van der Waals surface area (Å²) < 4.78 is 25.4. The van der Waals surface area contributed by atoms with Crippen LogP contribution < -0.4 is 5.11 Å². The van der Waals surface area contributed by atoms with Crippen LogP contribution in [0.15, 0.2) is 24.3 Å². The van der Waals surface area contributed by atoms with Crippen LogP contribution in [0.1, 0.15) is 34.1 Å². The van der Waals surface area contributed by atoms with Crippen LogP contribution in [0.5, 0.6) is 0 Å². The Morgan fingerprint density at radius 2 is 1.73 bits per heavy atom. The molecule has 0 N–H and O–H groups in total. The number of aliphatic carboxylic acids is 1. The molecule has 26 heavy (non-hydrogen) atoms. The number of nitrogens with zero attached hydrogens (tertiary/aromatic N) is 2. The molecule has 0 aliphatic carbocycles. The highest BCUT2D eigenvalue weighted by atomic mass is 32.2. The van der Waals surface area contributed by atoms with Crippen LogP contribution in [0.2, 0.25) is 0 Å². The van der Waals surface area contributed by atoms with Gasteiger partial charge in [-0.15, -0.1) is 0 Å². The van der Waals surface area contributed by atoms with Crippen molar-refractivity contribution in [1.29, 1.82) is 0 Å². The molecule has 0 saturated carbocycles. The third-order valence-corrected chi connectivity index (χ3v) is 7.66. The number of amides is 3. The Labute approximate surface area is 148 Å². The number of carbonyl (C=O) groups excluding carboxylic acids is 4. The van der Waals surface area contributed by atoms with Gasteiger partial charge in [0.05, 0.1) is 22.8 Å². The van der Waals surface area contributed by atoms with E-state index in [-0.39, 0.29) is 17.5 Å². The molecule has 2 fully saturated rings. The maximum absolute atomic E-state index is 12.7. The molecule has 2 saturated heterocycles. The van der Waals surface area contributed by atoms with Crippen molar-refractivity contribution in [2.75, 3.05) is 5.75 Å². The Hall–Kier alpha value is -2.75. The number of rotatable bonds is 3. The van der Waals surface area contributed by atoms with Crippen LogP contribution >= 0.6 is 0 Å². The Balaban J connectivity index is 1.89. The lowest BCUT2D eigenvalue weighted by molar-refractivity contribution is -0.318. The summed E-state index contributed by atoms with van der Waals surface area (Å²) in [7, 11) is -4.37. The normalized spacial score (nSPS) is 31.7. The number of benzene rings is 1. The summed E-state index contributed by atoms with van der Waals surface area (Å²) in [6, 6.07) is 2.95. The number of carboxylic acids is 1. The second-order valence-electron chi connectivity index (χ2n) is 6.46. The van der Waals surface area contributed by atoms with E-state index in [9.17, 15) is 32.7 Å². The molecule has 3 aliphatic rings. The van der Waals surface area contributed by atoms with E-state index < -0.39 is 56.2 Å². The van der Waals surface area contributed by atoms with E-state index in [2.05, 4.69) is 0 Å². The second kappa shape index (κ2) is 4.91. The van der Waals surface area contributed by atoms with E-state index in [1.54, 1.807) is 6.92 Å². The van der Waals surface area contributed by atoms with Gasteiger partial charge in [-0.3, -0.25) is 19.3 Å². The average Bonchev–Trinajstić information content (AvgIpc) is 2.96. The fourth-order valence-corrected chi connectivity index (χ4v) is 6.60. The molecule has 0 bridgehead atoms. The average molecular weight is 377 g/mol. The number of sulfone groups is 1. The van der Waals surface area contributed by atoms with Crippen LogP contribution in [0.3, 0.4) is 0 Å². The van der Waals surface area contributed by atoms with E-state index in [1.165, 1.54) is 24.3 Å². The number of carboxylic acid groups (broad SMARTS) is 1. The lowest BCUT2D eigenvalue weighted by Crippen LogP contribution is -2.85. The van der Waals surface area contributed by atoms with E-state index in [4.69, 9.17) is 0 Å². The fraction of sp³-hybridized carbons (Fsp3) is 0.375. The smallest absolute Gasteiger partial charge is 0.262 e. The highest BCUT2D eigenvalue weighted by Gasteiger charge is 2.77. The molecular weight excluding hydrogens is 364 g/mol. The van der Waals surface area contributed by atoms with Crippen molar-refractivity contribution in [2.24, 2.45) is 0 Å². The predicted molar refractivity (Wildman–Crippen MR) is 83.2 cm³/mol. The van der Waals surface area contributed by atoms with E-state index in [0.717, 1.165) is 4.90 Å². The fourth-order valence-electron chi connectivity index (χ4n) is 4.12. The van der Waals surface area contributed by atoms with Gasteiger partial charge in [0.1, 0.15) is 0 Å². The molecule has 0 aromatic heterocycles. The third-order valence-electron chi connectivity index (χ3n) is 5.30.